The minimum absolute atomic E-state index is 0.292. The van der Waals surface area contributed by atoms with Crippen LogP contribution in [-0.2, 0) is 5.60 Å². The quantitative estimate of drug-likeness (QED) is 0.556. The van der Waals surface area contributed by atoms with Gasteiger partial charge in [-0.15, -0.1) is 0 Å². The van der Waals surface area contributed by atoms with E-state index >= 15 is 0 Å². The molecule has 0 heterocycles. The highest BCUT2D eigenvalue weighted by Crippen LogP contribution is 2.32. The highest BCUT2D eigenvalue weighted by Gasteiger charge is 2.29. The largest absolute Gasteiger partial charge is 0.385 e. The fraction of sp³-hybridized carbons (Fsp3) is 0.667. The van der Waals surface area contributed by atoms with Gasteiger partial charge in [-0.3, -0.25) is 0 Å². The van der Waals surface area contributed by atoms with Crippen LogP contribution in [-0.4, -0.2) is 5.11 Å². The van der Waals surface area contributed by atoms with E-state index in [0.29, 0.717) is 18.4 Å². The van der Waals surface area contributed by atoms with Crippen molar-refractivity contribution in [3.63, 3.8) is 0 Å². The molecule has 0 aliphatic rings. The fourth-order valence-electron chi connectivity index (χ4n) is 2.72. The zero-order chi connectivity index (χ0) is 14.8. The summed E-state index contributed by atoms with van der Waals surface area (Å²) in [5, 5.41) is 10.7. The van der Waals surface area contributed by atoms with Gasteiger partial charge in [0, 0.05) is 5.56 Å². The van der Waals surface area contributed by atoms with Gasteiger partial charge in [0.25, 0.3) is 0 Å². The van der Waals surface area contributed by atoms with Crippen molar-refractivity contribution in [2.24, 2.45) is 0 Å². The molecule has 1 rings (SSSR count). The van der Waals surface area contributed by atoms with E-state index in [1.54, 1.807) is 18.2 Å². The van der Waals surface area contributed by atoms with Crippen LogP contribution in [0.3, 0.4) is 0 Å². The van der Waals surface area contributed by atoms with Crippen molar-refractivity contribution in [1.29, 1.82) is 0 Å². The molecule has 0 radical (unpaired) electrons. The van der Waals surface area contributed by atoms with Gasteiger partial charge < -0.3 is 5.11 Å². The van der Waals surface area contributed by atoms with Crippen molar-refractivity contribution >= 4 is 0 Å². The van der Waals surface area contributed by atoms with E-state index in [4.69, 9.17) is 0 Å². The van der Waals surface area contributed by atoms with Gasteiger partial charge in [-0.1, -0.05) is 77.0 Å². The van der Waals surface area contributed by atoms with Gasteiger partial charge in [0.1, 0.15) is 5.82 Å². The first-order chi connectivity index (χ1) is 9.64. The molecule has 1 unspecified atom stereocenters. The summed E-state index contributed by atoms with van der Waals surface area (Å²) in [6.07, 6.45) is 9.68. The van der Waals surface area contributed by atoms with Crippen LogP contribution in [0.4, 0.5) is 4.39 Å². The second kappa shape index (κ2) is 9.12. The van der Waals surface area contributed by atoms with Gasteiger partial charge in [-0.2, -0.15) is 0 Å². The molecule has 0 fully saturated rings. The fourth-order valence-corrected chi connectivity index (χ4v) is 2.72. The molecule has 1 aromatic rings. The molecular formula is C18H29FO. The molecular weight excluding hydrogens is 251 g/mol. The van der Waals surface area contributed by atoms with Crippen LogP contribution in [0.25, 0.3) is 0 Å². The molecule has 1 atom stereocenters. The number of halogens is 1. The van der Waals surface area contributed by atoms with Crippen molar-refractivity contribution in [3.05, 3.63) is 35.6 Å². The van der Waals surface area contributed by atoms with Gasteiger partial charge in [-0.25, -0.2) is 4.39 Å². The maximum atomic E-state index is 13.8. The first-order valence-electron chi connectivity index (χ1n) is 8.11. The summed E-state index contributed by atoms with van der Waals surface area (Å²) < 4.78 is 13.8. The molecule has 2 heteroatoms. The average Bonchev–Trinajstić information content (AvgIpc) is 2.46. The Bertz CT molecular complexity index is 377. The lowest BCUT2D eigenvalue weighted by Crippen LogP contribution is -2.26. The number of aliphatic hydroxyl groups is 1. The van der Waals surface area contributed by atoms with Crippen LogP contribution in [0.1, 0.15) is 77.2 Å². The van der Waals surface area contributed by atoms with Crippen molar-refractivity contribution < 1.29 is 9.50 Å². The molecule has 0 aromatic heterocycles. The summed E-state index contributed by atoms with van der Waals surface area (Å²) in [4.78, 5) is 0. The van der Waals surface area contributed by atoms with E-state index in [-0.39, 0.29) is 5.82 Å². The van der Waals surface area contributed by atoms with E-state index in [2.05, 4.69) is 6.92 Å². The first-order valence-corrected chi connectivity index (χ1v) is 8.11. The Kier molecular flexibility index (Phi) is 7.83. The third-order valence-corrected chi connectivity index (χ3v) is 4.15. The van der Waals surface area contributed by atoms with Crippen LogP contribution in [0.15, 0.2) is 24.3 Å². The average molecular weight is 280 g/mol. The highest BCUT2D eigenvalue weighted by molar-refractivity contribution is 5.24. The van der Waals surface area contributed by atoms with Gasteiger partial charge in [0.05, 0.1) is 5.60 Å². The molecule has 0 saturated carbocycles. The second-order valence-electron chi connectivity index (χ2n) is 5.74. The maximum Gasteiger partial charge on any atom is 0.129 e. The zero-order valence-electron chi connectivity index (χ0n) is 13.0. The Morgan fingerprint density at radius 2 is 1.55 bits per heavy atom. The van der Waals surface area contributed by atoms with E-state index in [9.17, 15) is 9.50 Å². The molecule has 20 heavy (non-hydrogen) atoms. The van der Waals surface area contributed by atoms with E-state index < -0.39 is 5.60 Å². The highest BCUT2D eigenvalue weighted by atomic mass is 19.1. The minimum Gasteiger partial charge on any atom is -0.385 e. The number of rotatable bonds is 10. The van der Waals surface area contributed by atoms with Gasteiger partial charge in [0.15, 0.2) is 0 Å². The standard InChI is InChI=1S/C18H29FO/c1-3-5-6-7-8-9-12-15-18(20,4-2)16-13-10-11-14-17(16)19/h10-11,13-14,20H,3-9,12,15H2,1-2H3. The summed E-state index contributed by atoms with van der Waals surface area (Å²) in [6, 6.07) is 6.60. The lowest BCUT2D eigenvalue weighted by atomic mass is 9.85. The Balaban J connectivity index is 2.40. The van der Waals surface area contributed by atoms with Gasteiger partial charge in [0.2, 0.25) is 0 Å². The Morgan fingerprint density at radius 3 is 2.15 bits per heavy atom. The van der Waals surface area contributed by atoms with E-state index in [1.165, 1.54) is 38.2 Å². The first kappa shape index (κ1) is 17.2. The predicted octanol–water partition coefficient (Wildman–Crippen LogP) is 5.56. The van der Waals surface area contributed by atoms with Gasteiger partial charge in [-0.05, 0) is 18.9 Å². The summed E-state index contributed by atoms with van der Waals surface area (Å²) in [7, 11) is 0. The van der Waals surface area contributed by atoms with Crippen LogP contribution in [0.5, 0.6) is 0 Å². The molecule has 1 aromatic carbocycles. The zero-order valence-corrected chi connectivity index (χ0v) is 13.0. The molecule has 0 amide bonds. The lowest BCUT2D eigenvalue weighted by Gasteiger charge is -2.27. The SMILES string of the molecule is CCCCCCCCCC(O)(CC)c1ccccc1F. The lowest BCUT2D eigenvalue weighted by molar-refractivity contribution is 0.0173. The van der Waals surface area contributed by atoms with Crippen molar-refractivity contribution in [1.82, 2.24) is 0 Å². The summed E-state index contributed by atoms with van der Waals surface area (Å²) in [6.45, 7) is 4.14. The Labute approximate surface area is 123 Å². The molecule has 0 bridgehead atoms. The third kappa shape index (κ3) is 5.24. The molecule has 114 valence electrons. The summed E-state index contributed by atoms with van der Waals surface area (Å²) in [5.74, 6) is -0.292. The number of hydrogen-bond acceptors (Lipinski definition) is 1. The molecule has 0 aliphatic carbocycles. The number of benzene rings is 1. The normalized spacial score (nSPS) is 14.2. The molecule has 0 spiro atoms. The summed E-state index contributed by atoms with van der Waals surface area (Å²) in [5.41, 5.74) is -0.553. The summed E-state index contributed by atoms with van der Waals surface area (Å²) >= 11 is 0. The van der Waals surface area contributed by atoms with Gasteiger partial charge >= 0.3 is 0 Å². The monoisotopic (exact) mass is 280 g/mol. The number of hydrogen-bond donors (Lipinski definition) is 1. The smallest absolute Gasteiger partial charge is 0.129 e. The molecule has 0 saturated heterocycles. The molecule has 1 N–H and O–H groups in total. The van der Waals surface area contributed by atoms with Crippen LogP contribution >= 0.6 is 0 Å². The maximum absolute atomic E-state index is 13.8. The molecule has 1 nitrogen and oxygen atoms in total. The van der Waals surface area contributed by atoms with Crippen molar-refractivity contribution in [2.75, 3.05) is 0 Å². The van der Waals surface area contributed by atoms with E-state index in [0.717, 1.165) is 12.8 Å². The second-order valence-corrected chi connectivity index (χ2v) is 5.74. The Morgan fingerprint density at radius 1 is 0.950 bits per heavy atom. The topological polar surface area (TPSA) is 20.2 Å². The van der Waals surface area contributed by atoms with Crippen LogP contribution in [0.2, 0.25) is 0 Å². The van der Waals surface area contributed by atoms with Crippen LogP contribution < -0.4 is 0 Å². The Hall–Kier alpha value is -0.890. The third-order valence-electron chi connectivity index (χ3n) is 4.15. The number of unbranched alkanes of at least 4 members (excludes halogenated alkanes) is 6. The predicted molar refractivity (Wildman–Crippen MR) is 83.2 cm³/mol. The minimum atomic E-state index is -1.01. The van der Waals surface area contributed by atoms with Crippen molar-refractivity contribution in [3.8, 4) is 0 Å². The van der Waals surface area contributed by atoms with Crippen LogP contribution in [0, 0.1) is 5.82 Å². The van der Waals surface area contributed by atoms with Crippen molar-refractivity contribution in [2.45, 2.75) is 77.2 Å². The van der Waals surface area contributed by atoms with E-state index in [1.807, 2.05) is 6.92 Å². The molecule has 0 aliphatic heterocycles.